The summed E-state index contributed by atoms with van der Waals surface area (Å²) in [6, 6.07) is 0. The van der Waals surface area contributed by atoms with Crippen molar-refractivity contribution in [3.8, 4) is 0 Å². The lowest BCUT2D eigenvalue weighted by atomic mass is 10.5. The maximum absolute atomic E-state index is 12.5. The molecular weight excluding hydrogens is 231 g/mol. The zero-order valence-electron chi connectivity index (χ0n) is 5.56. The normalized spacial score (nSPS) is 10.8. The van der Waals surface area contributed by atoms with Crippen LogP contribution in [0, 0.1) is 6.08 Å². The second-order valence-corrected chi connectivity index (χ2v) is 2.83. The van der Waals surface area contributed by atoms with Crippen LogP contribution in [0.5, 0.6) is 0 Å². The fourth-order valence-corrected chi connectivity index (χ4v) is 1.22. The lowest BCUT2D eigenvalue weighted by Crippen LogP contribution is -2.10. The number of nitrogens with zero attached hydrogens (tertiary/aromatic N) is 2. The van der Waals surface area contributed by atoms with Crippen LogP contribution >= 0.6 is 15.9 Å². The third-order valence-electron chi connectivity index (χ3n) is 1.30. The van der Waals surface area contributed by atoms with Gasteiger partial charge in [0.05, 0.1) is 0 Å². The Balaban J connectivity index is 2.98. The molecule has 0 saturated carbocycles. The molecule has 2 aromatic rings. The molecule has 0 radical (unpaired) electrons. The van der Waals surface area contributed by atoms with E-state index >= 15 is 0 Å². The van der Waals surface area contributed by atoms with Crippen LogP contribution in [-0.2, 0) is 0 Å². The molecule has 0 aromatic carbocycles. The van der Waals surface area contributed by atoms with Gasteiger partial charge in [0.2, 0.25) is 0 Å². The Morgan fingerprint density at radius 3 is 2.83 bits per heavy atom. The number of fused-ring (bicyclic) bond motifs is 1. The van der Waals surface area contributed by atoms with Crippen molar-refractivity contribution in [3.05, 3.63) is 21.2 Å². The van der Waals surface area contributed by atoms with Gasteiger partial charge in [-0.25, -0.2) is 4.98 Å². The van der Waals surface area contributed by atoms with Gasteiger partial charge in [-0.15, -0.1) is 0 Å². The van der Waals surface area contributed by atoms with Crippen LogP contribution in [0.1, 0.15) is 0 Å². The minimum absolute atomic E-state index is 0.0584. The summed E-state index contributed by atoms with van der Waals surface area (Å²) in [7, 11) is 0. The molecule has 0 saturated heterocycles. The molecule has 2 aromatic heterocycles. The molecule has 0 fully saturated rings. The van der Waals surface area contributed by atoms with Crippen LogP contribution in [0.4, 0.5) is 4.39 Å². The van der Waals surface area contributed by atoms with Crippen molar-refractivity contribution in [2.75, 3.05) is 0 Å². The van der Waals surface area contributed by atoms with Crippen molar-refractivity contribution < 1.29 is 4.39 Å². The number of rotatable bonds is 0. The Hall–Kier alpha value is -1.24. The Labute approximate surface area is 73.2 Å². The van der Waals surface area contributed by atoms with Crippen LogP contribution in [0.25, 0.3) is 11.2 Å². The Bertz CT molecular complexity index is 490. The van der Waals surface area contributed by atoms with Crippen molar-refractivity contribution in [2.45, 2.75) is 0 Å². The summed E-state index contributed by atoms with van der Waals surface area (Å²) in [4.78, 5) is 22.6. The Morgan fingerprint density at radius 1 is 1.33 bits per heavy atom. The average molecular weight is 233 g/mol. The van der Waals surface area contributed by atoms with Gasteiger partial charge in [-0.2, -0.15) is 9.37 Å². The predicted molar refractivity (Wildman–Crippen MR) is 42.2 cm³/mol. The molecule has 2 rings (SSSR count). The molecule has 62 valence electrons. The minimum atomic E-state index is -0.938. The number of hydrogen-bond acceptors (Lipinski definition) is 3. The van der Waals surface area contributed by atoms with Gasteiger partial charge >= 0.3 is 0 Å². The van der Waals surface area contributed by atoms with Gasteiger partial charge in [-0.3, -0.25) is 9.78 Å². The van der Waals surface area contributed by atoms with Gasteiger partial charge < -0.3 is 4.98 Å². The van der Waals surface area contributed by atoms with Crippen LogP contribution in [0.2, 0.25) is 0 Å². The van der Waals surface area contributed by atoms with E-state index in [9.17, 15) is 9.18 Å². The van der Waals surface area contributed by atoms with E-state index in [0.717, 1.165) is 0 Å². The molecular formula is C5H2BrFN4O. The van der Waals surface area contributed by atoms with E-state index in [-0.39, 0.29) is 11.2 Å². The molecule has 0 unspecified atom stereocenters. The maximum atomic E-state index is 12.5. The highest BCUT2D eigenvalue weighted by Gasteiger charge is 2.06. The van der Waals surface area contributed by atoms with E-state index in [4.69, 9.17) is 0 Å². The highest BCUT2D eigenvalue weighted by atomic mass is 79.9. The van der Waals surface area contributed by atoms with E-state index < -0.39 is 11.6 Å². The summed E-state index contributed by atoms with van der Waals surface area (Å²) in [5.41, 5.74) is -0.359. The van der Waals surface area contributed by atoms with Crippen molar-refractivity contribution in [2.24, 2.45) is 0 Å². The highest BCUT2D eigenvalue weighted by Crippen LogP contribution is 2.07. The van der Waals surface area contributed by atoms with Crippen molar-refractivity contribution >= 4 is 27.1 Å². The molecule has 5 nitrogen and oxygen atoms in total. The highest BCUT2D eigenvalue weighted by molar-refractivity contribution is 9.10. The molecule has 0 spiro atoms. The number of H-pyrrole nitrogens is 2. The molecule has 0 atom stereocenters. The first-order valence-electron chi connectivity index (χ1n) is 2.98. The summed E-state index contributed by atoms with van der Waals surface area (Å²) in [6.07, 6.45) is -0.938. The summed E-state index contributed by atoms with van der Waals surface area (Å²) in [5, 5.41) is 0. The van der Waals surface area contributed by atoms with Crippen molar-refractivity contribution in [1.29, 1.82) is 0 Å². The minimum Gasteiger partial charge on any atom is -0.327 e. The molecule has 0 aliphatic carbocycles. The predicted octanol–water partition coefficient (Wildman–Crippen LogP) is 0.548. The summed E-state index contributed by atoms with van der Waals surface area (Å²) >= 11 is 3.00. The Kier molecular flexibility index (Phi) is 1.47. The van der Waals surface area contributed by atoms with Crippen LogP contribution < -0.4 is 5.56 Å². The number of halogens is 2. The summed E-state index contributed by atoms with van der Waals surface area (Å²) < 4.78 is 12.8. The van der Waals surface area contributed by atoms with Crippen molar-refractivity contribution in [3.63, 3.8) is 0 Å². The second kappa shape index (κ2) is 2.37. The lowest BCUT2D eigenvalue weighted by Gasteiger charge is -1.85. The molecule has 2 heterocycles. The second-order valence-electron chi connectivity index (χ2n) is 2.08. The monoisotopic (exact) mass is 232 g/mol. The van der Waals surface area contributed by atoms with Gasteiger partial charge in [-0.05, 0) is 15.9 Å². The Morgan fingerprint density at radius 2 is 2.08 bits per heavy atom. The zero-order valence-corrected chi connectivity index (χ0v) is 7.14. The largest absolute Gasteiger partial charge is 0.327 e. The standard InChI is InChI=1S/C5H2BrFN4O/c6-4-8-1-2(9-4)10-5(7)11-3(1)12/h(H2,8,9,10,11,12). The number of hydrogen-bond donors (Lipinski definition) is 2. The zero-order chi connectivity index (χ0) is 8.72. The lowest BCUT2D eigenvalue weighted by molar-refractivity contribution is 0.540. The van der Waals surface area contributed by atoms with E-state index in [1.165, 1.54) is 0 Å². The van der Waals surface area contributed by atoms with Gasteiger partial charge in [-0.1, -0.05) is 0 Å². The smallest absolute Gasteiger partial charge is 0.291 e. The van der Waals surface area contributed by atoms with Crippen LogP contribution in [0.3, 0.4) is 0 Å². The van der Waals surface area contributed by atoms with E-state index in [0.29, 0.717) is 4.73 Å². The third-order valence-corrected chi connectivity index (χ3v) is 1.68. The fraction of sp³-hybridized carbons (Fsp3) is 0. The maximum Gasteiger partial charge on any atom is 0.291 e. The topological polar surface area (TPSA) is 74.4 Å². The number of aromatic amines is 2. The van der Waals surface area contributed by atoms with E-state index in [1.54, 1.807) is 0 Å². The van der Waals surface area contributed by atoms with Gasteiger partial charge in [0.25, 0.3) is 11.6 Å². The fourth-order valence-electron chi connectivity index (χ4n) is 0.852. The first-order chi connectivity index (χ1) is 5.66. The quantitative estimate of drug-likeness (QED) is 0.515. The summed E-state index contributed by atoms with van der Waals surface area (Å²) in [6.45, 7) is 0. The van der Waals surface area contributed by atoms with Gasteiger partial charge in [0.15, 0.2) is 15.9 Å². The molecule has 0 bridgehead atoms. The first kappa shape index (κ1) is 7.41. The summed E-state index contributed by atoms with van der Waals surface area (Å²) in [5.74, 6) is 0. The SMILES string of the molecule is O=c1[nH]c(F)nc2nc(Br)[nH]c12. The van der Waals surface area contributed by atoms with Crippen molar-refractivity contribution in [1.82, 2.24) is 19.9 Å². The van der Waals surface area contributed by atoms with Crippen LogP contribution in [0.15, 0.2) is 9.53 Å². The molecule has 12 heavy (non-hydrogen) atoms. The van der Waals surface area contributed by atoms with Gasteiger partial charge in [0.1, 0.15) is 0 Å². The van der Waals surface area contributed by atoms with E-state index in [2.05, 4.69) is 30.9 Å². The molecule has 0 aliphatic heterocycles. The molecule has 2 N–H and O–H groups in total. The first-order valence-corrected chi connectivity index (χ1v) is 3.77. The molecule has 0 amide bonds. The number of imidazole rings is 1. The van der Waals surface area contributed by atoms with Crippen LogP contribution in [-0.4, -0.2) is 19.9 Å². The molecule has 0 aliphatic rings. The average Bonchev–Trinajstić information content (AvgIpc) is 2.29. The molecule has 7 heteroatoms. The third kappa shape index (κ3) is 1.02. The van der Waals surface area contributed by atoms with E-state index in [1.807, 2.05) is 4.98 Å². The van der Waals surface area contributed by atoms with Gasteiger partial charge in [0, 0.05) is 0 Å². The number of aromatic nitrogens is 4. The number of nitrogens with one attached hydrogen (secondary N) is 2.